The van der Waals surface area contributed by atoms with Crippen molar-refractivity contribution in [2.45, 2.75) is 32.6 Å². The molecule has 5 nitrogen and oxygen atoms in total. The van der Waals surface area contributed by atoms with Crippen LogP contribution >= 0.6 is 11.6 Å². The molecule has 0 N–H and O–H groups in total. The fraction of sp³-hybridized carbons (Fsp3) is 0.611. The van der Waals surface area contributed by atoms with E-state index in [1.807, 2.05) is 6.92 Å². The molecule has 6 heteroatoms. The lowest BCUT2D eigenvalue weighted by molar-refractivity contribution is 0.222. The van der Waals surface area contributed by atoms with Gasteiger partial charge in [-0.15, -0.1) is 0 Å². The fourth-order valence-electron chi connectivity index (χ4n) is 4.14. The number of rotatable bonds is 2. The largest absolute Gasteiger partial charge is 0.365 e. The summed E-state index contributed by atoms with van der Waals surface area (Å²) < 4.78 is 0. The van der Waals surface area contributed by atoms with E-state index in [1.165, 1.54) is 13.0 Å². The Bertz CT molecular complexity index is 722. The molecule has 1 spiro atoms. The maximum atomic E-state index is 9.32. The standard InChI is InChI=1S/C18H22ClN5/c1-4-13-14(11-20)16(19)22-17(15(13)21-2)24-9-6-18(7-10-24)5-8-23(3)12-18/h4-10,12H2,1,3H3. The minimum absolute atomic E-state index is 0.220. The number of hydrogen-bond donors (Lipinski definition) is 0. The first kappa shape index (κ1) is 17.0. The van der Waals surface area contributed by atoms with Gasteiger partial charge in [0, 0.05) is 19.6 Å². The van der Waals surface area contributed by atoms with Gasteiger partial charge in [0.2, 0.25) is 5.69 Å². The Morgan fingerprint density at radius 2 is 2.00 bits per heavy atom. The molecule has 2 aliphatic rings. The van der Waals surface area contributed by atoms with E-state index >= 15 is 0 Å². The molecule has 24 heavy (non-hydrogen) atoms. The highest BCUT2D eigenvalue weighted by Crippen LogP contribution is 2.43. The third kappa shape index (κ3) is 2.83. The van der Waals surface area contributed by atoms with E-state index in [0.29, 0.717) is 28.9 Å². The molecular weight excluding hydrogens is 322 g/mol. The van der Waals surface area contributed by atoms with Crippen LogP contribution in [0, 0.1) is 23.3 Å². The molecule has 0 saturated carbocycles. The molecule has 0 bridgehead atoms. The molecule has 3 rings (SSSR count). The van der Waals surface area contributed by atoms with Crippen LogP contribution in [-0.4, -0.2) is 43.1 Å². The van der Waals surface area contributed by atoms with Crippen LogP contribution in [0.4, 0.5) is 11.5 Å². The second-order valence-corrected chi connectivity index (χ2v) is 7.34. The van der Waals surface area contributed by atoms with Crippen molar-refractivity contribution in [3.63, 3.8) is 0 Å². The molecule has 0 aromatic carbocycles. The van der Waals surface area contributed by atoms with Crippen molar-refractivity contribution in [2.75, 3.05) is 38.1 Å². The lowest BCUT2D eigenvalue weighted by Crippen LogP contribution is -2.41. The lowest BCUT2D eigenvalue weighted by Gasteiger charge is -2.40. The summed E-state index contributed by atoms with van der Waals surface area (Å²) in [4.78, 5) is 12.7. The summed E-state index contributed by atoms with van der Waals surface area (Å²) in [6.07, 6.45) is 4.11. The molecule has 0 atom stereocenters. The van der Waals surface area contributed by atoms with Crippen LogP contribution in [0.1, 0.15) is 37.3 Å². The van der Waals surface area contributed by atoms with E-state index in [4.69, 9.17) is 18.2 Å². The molecule has 3 heterocycles. The van der Waals surface area contributed by atoms with Gasteiger partial charge in [0.25, 0.3) is 0 Å². The first-order valence-corrected chi connectivity index (χ1v) is 8.85. The number of nitrogens with zero attached hydrogens (tertiary/aromatic N) is 5. The highest BCUT2D eigenvalue weighted by Gasteiger charge is 2.40. The number of likely N-dealkylation sites (tertiary alicyclic amines) is 1. The van der Waals surface area contributed by atoms with Gasteiger partial charge in [0.15, 0.2) is 0 Å². The topological polar surface area (TPSA) is 47.5 Å². The number of hydrogen-bond acceptors (Lipinski definition) is 4. The monoisotopic (exact) mass is 343 g/mol. The van der Waals surface area contributed by atoms with Crippen molar-refractivity contribution in [1.29, 1.82) is 5.26 Å². The summed E-state index contributed by atoms with van der Waals surface area (Å²) in [5.74, 6) is 0.659. The van der Waals surface area contributed by atoms with Gasteiger partial charge in [0.05, 0.1) is 12.1 Å². The summed E-state index contributed by atoms with van der Waals surface area (Å²) in [6, 6.07) is 2.10. The Kier molecular flexibility index (Phi) is 4.67. The Morgan fingerprint density at radius 1 is 1.33 bits per heavy atom. The summed E-state index contributed by atoms with van der Waals surface area (Å²) in [6.45, 7) is 13.7. The second-order valence-electron chi connectivity index (χ2n) is 6.98. The third-order valence-electron chi connectivity index (χ3n) is 5.54. The molecule has 0 amide bonds. The maximum Gasteiger partial charge on any atom is 0.232 e. The van der Waals surface area contributed by atoms with Crippen molar-refractivity contribution < 1.29 is 0 Å². The molecular formula is C18H22ClN5. The summed E-state index contributed by atoms with van der Waals surface area (Å²) in [7, 11) is 2.19. The van der Waals surface area contributed by atoms with Crippen LogP contribution in [0.2, 0.25) is 5.15 Å². The van der Waals surface area contributed by atoms with Gasteiger partial charge < -0.3 is 9.80 Å². The van der Waals surface area contributed by atoms with Gasteiger partial charge in [-0.25, -0.2) is 9.83 Å². The van der Waals surface area contributed by atoms with Crippen LogP contribution in [-0.2, 0) is 6.42 Å². The van der Waals surface area contributed by atoms with Crippen molar-refractivity contribution in [3.8, 4) is 6.07 Å². The van der Waals surface area contributed by atoms with Gasteiger partial charge >= 0.3 is 0 Å². The van der Waals surface area contributed by atoms with Crippen LogP contribution < -0.4 is 4.90 Å². The van der Waals surface area contributed by atoms with Crippen LogP contribution in [0.15, 0.2) is 0 Å². The van der Waals surface area contributed by atoms with E-state index < -0.39 is 0 Å². The summed E-state index contributed by atoms with van der Waals surface area (Å²) in [5, 5.41) is 9.54. The normalized spacial score (nSPS) is 20.1. The van der Waals surface area contributed by atoms with E-state index in [0.717, 1.165) is 38.0 Å². The molecule has 0 radical (unpaired) electrons. The second kappa shape index (κ2) is 6.59. The van der Waals surface area contributed by atoms with Gasteiger partial charge in [-0.3, -0.25) is 0 Å². The Labute approximate surface area is 148 Å². The Morgan fingerprint density at radius 3 is 2.50 bits per heavy atom. The Hall–Kier alpha value is -1.82. The first-order chi connectivity index (χ1) is 11.5. The third-order valence-corrected chi connectivity index (χ3v) is 5.81. The average molecular weight is 344 g/mol. The molecule has 1 aromatic rings. The quantitative estimate of drug-likeness (QED) is 0.607. The fourth-order valence-corrected chi connectivity index (χ4v) is 4.37. The highest BCUT2D eigenvalue weighted by molar-refractivity contribution is 6.31. The first-order valence-electron chi connectivity index (χ1n) is 8.47. The summed E-state index contributed by atoms with van der Waals surface area (Å²) >= 11 is 6.23. The van der Waals surface area contributed by atoms with Crippen molar-refractivity contribution in [1.82, 2.24) is 9.88 Å². The van der Waals surface area contributed by atoms with E-state index in [9.17, 15) is 5.26 Å². The zero-order chi connectivity index (χ0) is 17.3. The summed E-state index contributed by atoms with van der Waals surface area (Å²) in [5.41, 5.74) is 1.99. The van der Waals surface area contributed by atoms with Crippen molar-refractivity contribution in [2.24, 2.45) is 5.41 Å². The minimum Gasteiger partial charge on any atom is -0.365 e. The molecule has 1 aromatic heterocycles. The number of nitriles is 1. The van der Waals surface area contributed by atoms with E-state index in [2.05, 4.69) is 32.7 Å². The molecule has 0 aliphatic carbocycles. The number of pyridine rings is 1. The molecule has 2 fully saturated rings. The number of aromatic nitrogens is 1. The number of piperidine rings is 1. The van der Waals surface area contributed by atoms with Crippen molar-refractivity contribution in [3.05, 3.63) is 27.7 Å². The zero-order valence-corrected chi connectivity index (χ0v) is 15.0. The molecule has 0 unspecified atom stereocenters. The molecule has 126 valence electrons. The predicted octanol–water partition coefficient (Wildman–Crippen LogP) is 3.64. The van der Waals surface area contributed by atoms with Gasteiger partial charge in [-0.2, -0.15) is 5.26 Å². The smallest absolute Gasteiger partial charge is 0.232 e. The SMILES string of the molecule is [C-]#[N+]c1c(N2CCC3(CCN(C)C3)CC2)nc(Cl)c(C#N)c1CC. The molecule has 2 saturated heterocycles. The lowest BCUT2D eigenvalue weighted by atomic mass is 9.78. The van der Waals surface area contributed by atoms with E-state index in [-0.39, 0.29) is 5.15 Å². The van der Waals surface area contributed by atoms with Crippen LogP contribution in [0.3, 0.4) is 0 Å². The van der Waals surface area contributed by atoms with E-state index in [1.54, 1.807) is 0 Å². The van der Waals surface area contributed by atoms with Gasteiger partial charge in [0.1, 0.15) is 17.0 Å². The Balaban J connectivity index is 1.90. The number of halogens is 1. The zero-order valence-electron chi connectivity index (χ0n) is 14.3. The average Bonchev–Trinajstić information content (AvgIpc) is 2.94. The van der Waals surface area contributed by atoms with Gasteiger partial charge in [-0.05, 0) is 50.3 Å². The van der Waals surface area contributed by atoms with Crippen LogP contribution in [0.5, 0.6) is 0 Å². The van der Waals surface area contributed by atoms with Gasteiger partial charge in [-0.1, -0.05) is 18.5 Å². The predicted molar refractivity (Wildman–Crippen MR) is 95.6 cm³/mol. The highest BCUT2D eigenvalue weighted by atomic mass is 35.5. The maximum absolute atomic E-state index is 9.32. The van der Waals surface area contributed by atoms with Crippen LogP contribution in [0.25, 0.3) is 4.85 Å². The van der Waals surface area contributed by atoms with Crippen molar-refractivity contribution >= 4 is 23.1 Å². The number of anilines is 1. The minimum atomic E-state index is 0.220. The molecule has 2 aliphatic heterocycles.